The number of nitrogens with zero attached hydrogens (tertiary/aromatic N) is 1. The maximum absolute atomic E-state index is 12.4. The Balaban J connectivity index is 1.44. The highest BCUT2D eigenvalue weighted by Crippen LogP contribution is 2.37. The molecule has 2 heterocycles. The van der Waals surface area contributed by atoms with E-state index in [1.165, 1.54) is 6.92 Å². The Morgan fingerprint density at radius 3 is 2.29 bits per heavy atom. The molecule has 0 radical (unpaired) electrons. The van der Waals surface area contributed by atoms with Crippen LogP contribution < -0.4 is 5.32 Å². The normalized spacial score (nSPS) is 30.0. The van der Waals surface area contributed by atoms with Gasteiger partial charge in [0, 0.05) is 12.6 Å². The van der Waals surface area contributed by atoms with Crippen molar-refractivity contribution < 1.29 is 32.3 Å². The molecule has 0 unspecified atom stereocenters. The topological polar surface area (TPSA) is 127 Å². The van der Waals surface area contributed by atoms with E-state index in [2.05, 4.69) is 5.32 Å². The Hall–Kier alpha value is -1.97. The van der Waals surface area contributed by atoms with Gasteiger partial charge in [-0.25, -0.2) is 8.42 Å². The smallest absolute Gasteiger partial charge is 0.308 e. The summed E-state index contributed by atoms with van der Waals surface area (Å²) in [6.45, 7) is 1.36. The van der Waals surface area contributed by atoms with Crippen LogP contribution in [0.3, 0.4) is 0 Å². The standard InChI is InChI=1S/C18H26N2O7S/c1-11(16(22)19-12-7-9-28(25,26)10-12)27-15(21)6-8-20-17(23)13-4-2-3-5-14(13)18(20)24/h11-14H,2-10H2,1H3,(H,19,22)/t11-,12-,13-,14+/m1/s1. The summed E-state index contributed by atoms with van der Waals surface area (Å²) < 4.78 is 27.9. The first-order valence-corrected chi connectivity index (χ1v) is 11.6. The van der Waals surface area contributed by atoms with Gasteiger partial charge in [-0.15, -0.1) is 0 Å². The van der Waals surface area contributed by atoms with Crippen molar-refractivity contribution in [3.8, 4) is 0 Å². The van der Waals surface area contributed by atoms with Crippen LogP contribution in [0.2, 0.25) is 0 Å². The molecule has 2 aliphatic heterocycles. The molecule has 9 nitrogen and oxygen atoms in total. The number of nitrogens with one attached hydrogen (secondary N) is 1. The Morgan fingerprint density at radius 1 is 1.14 bits per heavy atom. The van der Waals surface area contributed by atoms with E-state index in [1.807, 2.05) is 0 Å². The number of esters is 1. The van der Waals surface area contributed by atoms with E-state index < -0.39 is 33.9 Å². The van der Waals surface area contributed by atoms with E-state index >= 15 is 0 Å². The highest BCUT2D eigenvalue weighted by Gasteiger charge is 2.47. The molecule has 0 spiro atoms. The SMILES string of the molecule is C[C@@H](OC(=O)CCN1C(=O)[C@H]2CCCC[C@H]2C1=O)C(=O)N[C@@H]1CCS(=O)(=O)C1. The van der Waals surface area contributed by atoms with E-state index in [1.54, 1.807) is 0 Å². The molecule has 156 valence electrons. The summed E-state index contributed by atoms with van der Waals surface area (Å²) >= 11 is 0. The molecule has 10 heteroatoms. The van der Waals surface area contributed by atoms with Crippen molar-refractivity contribution in [2.45, 2.75) is 57.6 Å². The monoisotopic (exact) mass is 414 g/mol. The second-order valence-corrected chi connectivity index (χ2v) is 10.0. The van der Waals surface area contributed by atoms with Gasteiger partial charge in [-0.3, -0.25) is 24.1 Å². The third-order valence-corrected chi connectivity index (χ3v) is 7.50. The number of hydrogen-bond acceptors (Lipinski definition) is 7. The maximum atomic E-state index is 12.4. The number of amides is 3. The fourth-order valence-electron chi connectivity index (χ4n) is 4.19. The molecule has 1 aliphatic carbocycles. The van der Waals surface area contributed by atoms with Gasteiger partial charge in [0.05, 0.1) is 29.8 Å². The molecule has 3 amide bonds. The van der Waals surface area contributed by atoms with E-state index in [-0.39, 0.29) is 48.1 Å². The van der Waals surface area contributed by atoms with E-state index in [9.17, 15) is 27.6 Å². The first kappa shape index (κ1) is 20.8. The van der Waals surface area contributed by atoms with Crippen molar-refractivity contribution in [2.24, 2.45) is 11.8 Å². The highest BCUT2D eigenvalue weighted by atomic mass is 32.2. The molecule has 3 fully saturated rings. The fraction of sp³-hybridized carbons (Fsp3) is 0.778. The third kappa shape index (κ3) is 4.53. The molecule has 1 saturated carbocycles. The quantitative estimate of drug-likeness (QED) is 0.470. The van der Waals surface area contributed by atoms with Gasteiger partial charge in [0.25, 0.3) is 5.91 Å². The lowest BCUT2D eigenvalue weighted by Crippen LogP contribution is -2.43. The molecule has 1 N–H and O–H groups in total. The summed E-state index contributed by atoms with van der Waals surface area (Å²) in [6, 6.07) is -0.471. The maximum Gasteiger partial charge on any atom is 0.308 e. The molecule has 4 atom stereocenters. The molecular weight excluding hydrogens is 388 g/mol. The van der Waals surface area contributed by atoms with Crippen LogP contribution in [0.5, 0.6) is 0 Å². The second-order valence-electron chi connectivity index (χ2n) is 7.82. The van der Waals surface area contributed by atoms with Crippen LogP contribution in [-0.4, -0.2) is 67.2 Å². The highest BCUT2D eigenvalue weighted by molar-refractivity contribution is 7.91. The third-order valence-electron chi connectivity index (χ3n) is 5.73. The van der Waals surface area contributed by atoms with Gasteiger partial charge in [0.2, 0.25) is 11.8 Å². The van der Waals surface area contributed by atoms with Crippen molar-refractivity contribution >= 4 is 33.5 Å². The van der Waals surface area contributed by atoms with Crippen molar-refractivity contribution in [2.75, 3.05) is 18.1 Å². The Bertz CT molecular complexity index is 755. The van der Waals surface area contributed by atoms with Crippen LogP contribution in [0.15, 0.2) is 0 Å². The zero-order valence-electron chi connectivity index (χ0n) is 15.9. The number of carbonyl (C=O) groups excluding carboxylic acids is 4. The predicted octanol–water partition coefficient (Wildman–Crippen LogP) is -0.213. The lowest BCUT2D eigenvalue weighted by Gasteiger charge is -2.19. The van der Waals surface area contributed by atoms with Crippen molar-refractivity contribution in [1.82, 2.24) is 10.2 Å². The minimum atomic E-state index is -3.12. The lowest BCUT2D eigenvalue weighted by atomic mass is 9.81. The number of sulfone groups is 1. The number of rotatable bonds is 6. The number of hydrogen-bond donors (Lipinski definition) is 1. The van der Waals surface area contributed by atoms with Crippen molar-refractivity contribution in [3.05, 3.63) is 0 Å². The molecule has 0 aromatic rings. The molecular formula is C18H26N2O7S. The van der Waals surface area contributed by atoms with Gasteiger partial charge >= 0.3 is 5.97 Å². The number of fused-ring (bicyclic) bond motifs is 1. The Morgan fingerprint density at radius 2 is 1.75 bits per heavy atom. The summed E-state index contributed by atoms with van der Waals surface area (Å²) in [5.74, 6) is -2.26. The first-order chi connectivity index (χ1) is 13.2. The largest absolute Gasteiger partial charge is 0.452 e. The molecule has 3 rings (SSSR count). The summed E-state index contributed by atoms with van der Waals surface area (Å²) in [6.07, 6.45) is 2.39. The van der Waals surface area contributed by atoms with Crippen LogP contribution in [0.1, 0.15) is 45.4 Å². The van der Waals surface area contributed by atoms with Gasteiger partial charge in [0.1, 0.15) is 0 Å². The van der Waals surface area contributed by atoms with Crippen molar-refractivity contribution in [1.29, 1.82) is 0 Å². The average Bonchev–Trinajstić information content (AvgIpc) is 3.10. The van der Waals surface area contributed by atoms with Gasteiger partial charge in [-0.05, 0) is 26.2 Å². The van der Waals surface area contributed by atoms with Crippen LogP contribution in [0, 0.1) is 11.8 Å². The van der Waals surface area contributed by atoms with Crippen LogP contribution in [0.25, 0.3) is 0 Å². The minimum Gasteiger partial charge on any atom is -0.452 e. The number of ether oxygens (including phenoxy) is 1. The van der Waals surface area contributed by atoms with Crippen LogP contribution in [-0.2, 0) is 33.8 Å². The van der Waals surface area contributed by atoms with Crippen LogP contribution in [0.4, 0.5) is 0 Å². The van der Waals surface area contributed by atoms with Gasteiger partial charge < -0.3 is 10.1 Å². The minimum absolute atomic E-state index is 0.0337. The number of likely N-dealkylation sites (tertiary alicyclic amines) is 1. The predicted molar refractivity (Wildman–Crippen MR) is 97.5 cm³/mol. The van der Waals surface area contributed by atoms with Crippen LogP contribution >= 0.6 is 0 Å². The molecule has 3 aliphatic rings. The van der Waals surface area contributed by atoms with Gasteiger partial charge in [-0.1, -0.05) is 12.8 Å². The molecule has 0 aromatic heterocycles. The summed E-state index contributed by atoms with van der Waals surface area (Å²) in [5.41, 5.74) is 0. The Kier molecular flexibility index (Phi) is 6.07. The molecule has 0 aromatic carbocycles. The summed E-state index contributed by atoms with van der Waals surface area (Å²) in [7, 11) is -3.12. The van der Waals surface area contributed by atoms with Gasteiger partial charge in [0.15, 0.2) is 15.9 Å². The number of carbonyl (C=O) groups is 4. The second kappa shape index (κ2) is 8.18. The van der Waals surface area contributed by atoms with Crippen molar-refractivity contribution in [3.63, 3.8) is 0 Å². The average molecular weight is 414 g/mol. The summed E-state index contributed by atoms with van der Waals surface area (Å²) in [4.78, 5) is 50.0. The summed E-state index contributed by atoms with van der Waals surface area (Å²) in [5, 5.41) is 2.57. The lowest BCUT2D eigenvalue weighted by molar-refractivity contribution is -0.155. The molecule has 2 saturated heterocycles. The Labute approximate surface area is 164 Å². The number of imide groups is 1. The van der Waals surface area contributed by atoms with E-state index in [4.69, 9.17) is 4.74 Å². The molecule has 28 heavy (non-hydrogen) atoms. The fourth-order valence-corrected chi connectivity index (χ4v) is 5.86. The molecule has 0 bridgehead atoms. The van der Waals surface area contributed by atoms with E-state index in [0.29, 0.717) is 19.3 Å². The van der Waals surface area contributed by atoms with Gasteiger partial charge in [-0.2, -0.15) is 0 Å². The zero-order chi connectivity index (χ0) is 20.5. The zero-order valence-corrected chi connectivity index (χ0v) is 16.7. The first-order valence-electron chi connectivity index (χ1n) is 9.73. The van der Waals surface area contributed by atoms with E-state index in [0.717, 1.165) is 17.7 Å².